The number of benzene rings is 1. The number of hydrogen-bond donors (Lipinski definition) is 1. The van der Waals surface area contributed by atoms with Crippen LogP contribution < -0.4 is 9.62 Å². The lowest BCUT2D eigenvalue weighted by Crippen LogP contribution is -2.25. The summed E-state index contributed by atoms with van der Waals surface area (Å²) in [6, 6.07) is 14.6. The monoisotopic (exact) mass is 428 g/mol. The van der Waals surface area contributed by atoms with Crippen molar-refractivity contribution in [1.82, 2.24) is 10.2 Å². The van der Waals surface area contributed by atoms with Crippen LogP contribution in [0.15, 0.2) is 52.7 Å². The summed E-state index contributed by atoms with van der Waals surface area (Å²) < 4.78 is 27.8. The van der Waals surface area contributed by atoms with Crippen molar-refractivity contribution in [2.75, 3.05) is 22.7 Å². The lowest BCUT2D eigenvalue weighted by atomic mass is 10.1. The van der Waals surface area contributed by atoms with Crippen molar-refractivity contribution in [2.45, 2.75) is 36.8 Å². The zero-order chi connectivity index (χ0) is 20.3. The Balaban J connectivity index is 1.46. The van der Waals surface area contributed by atoms with Crippen LogP contribution in [0.3, 0.4) is 0 Å². The van der Waals surface area contributed by atoms with Gasteiger partial charge in [0.2, 0.25) is 0 Å². The maximum absolute atomic E-state index is 12.5. The number of thiophene rings is 1. The Morgan fingerprint density at radius 2 is 1.62 bits per heavy atom. The molecular formula is C21H24N4O2S2. The maximum Gasteiger partial charge on any atom is 0.271 e. The van der Waals surface area contributed by atoms with Gasteiger partial charge in [0.15, 0.2) is 5.82 Å². The van der Waals surface area contributed by atoms with E-state index in [2.05, 4.69) is 19.8 Å². The number of aryl methyl sites for hydroxylation is 1. The first-order valence-corrected chi connectivity index (χ1v) is 12.1. The molecule has 4 rings (SSSR count). The van der Waals surface area contributed by atoms with Crippen LogP contribution in [0.1, 0.15) is 30.6 Å². The highest BCUT2D eigenvalue weighted by Gasteiger charge is 2.16. The largest absolute Gasteiger partial charge is 0.355 e. The van der Waals surface area contributed by atoms with Gasteiger partial charge < -0.3 is 4.90 Å². The van der Waals surface area contributed by atoms with Gasteiger partial charge in [-0.05, 0) is 56.2 Å². The van der Waals surface area contributed by atoms with Crippen molar-refractivity contribution in [3.63, 3.8) is 0 Å². The molecule has 1 fully saturated rings. The standard InChI is InChI=1S/C21H24N4O2S2/c1-16-6-13-21(28-16)29(26,27)24-18-9-7-17(8-10-18)19-11-12-20(23-22-19)25-14-4-2-3-5-15-25/h6-13,24H,2-5,14-15H2,1H3. The molecule has 0 aliphatic carbocycles. The van der Waals surface area contributed by atoms with Gasteiger partial charge in [0.25, 0.3) is 10.0 Å². The van der Waals surface area contributed by atoms with Crippen LogP contribution in [0.2, 0.25) is 0 Å². The molecule has 1 aliphatic rings. The summed E-state index contributed by atoms with van der Waals surface area (Å²) in [4.78, 5) is 3.26. The van der Waals surface area contributed by atoms with Gasteiger partial charge in [-0.15, -0.1) is 21.5 Å². The third kappa shape index (κ3) is 4.76. The molecule has 0 spiro atoms. The molecule has 0 unspecified atom stereocenters. The predicted molar refractivity (Wildman–Crippen MR) is 118 cm³/mol. The molecule has 8 heteroatoms. The predicted octanol–water partition coefficient (Wildman–Crippen LogP) is 4.69. The van der Waals surface area contributed by atoms with Gasteiger partial charge in [0, 0.05) is 29.2 Å². The fraction of sp³-hybridized carbons (Fsp3) is 0.333. The van der Waals surface area contributed by atoms with Crippen molar-refractivity contribution in [1.29, 1.82) is 0 Å². The van der Waals surface area contributed by atoms with Crippen molar-refractivity contribution in [3.8, 4) is 11.3 Å². The molecule has 6 nitrogen and oxygen atoms in total. The van der Waals surface area contributed by atoms with Gasteiger partial charge in [-0.3, -0.25) is 4.72 Å². The molecule has 0 bridgehead atoms. The quantitative estimate of drug-likeness (QED) is 0.638. The molecule has 1 N–H and O–H groups in total. The first-order valence-electron chi connectivity index (χ1n) is 9.80. The van der Waals surface area contributed by atoms with Crippen molar-refractivity contribution < 1.29 is 8.42 Å². The fourth-order valence-electron chi connectivity index (χ4n) is 3.42. The summed E-state index contributed by atoms with van der Waals surface area (Å²) in [5, 5.41) is 8.79. The van der Waals surface area contributed by atoms with Crippen LogP contribution in [-0.4, -0.2) is 31.7 Å². The molecule has 2 aromatic heterocycles. The van der Waals surface area contributed by atoms with E-state index in [4.69, 9.17) is 0 Å². The smallest absolute Gasteiger partial charge is 0.271 e. The van der Waals surface area contributed by atoms with Crippen LogP contribution in [0, 0.1) is 6.92 Å². The molecule has 0 radical (unpaired) electrons. The molecule has 152 valence electrons. The number of sulfonamides is 1. The molecule has 1 aliphatic heterocycles. The molecule has 1 aromatic carbocycles. The topological polar surface area (TPSA) is 75.2 Å². The second kappa shape index (κ2) is 8.51. The molecule has 0 atom stereocenters. The average molecular weight is 429 g/mol. The first kappa shape index (κ1) is 19.8. The zero-order valence-corrected chi connectivity index (χ0v) is 18.0. The summed E-state index contributed by atoms with van der Waals surface area (Å²) in [5.41, 5.74) is 2.19. The highest BCUT2D eigenvalue weighted by Crippen LogP contribution is 2.25. The van der Waals surface area contributed by atoms with Crippen LogP contribution in [0.5, 0.6) is 0 Å². The van der Waals surface area contributed by atoms with E-state index in [1.54, 1.807) is 24.3 Å². The van der Waals surface area contributed by atoms with E-state index >= 15 is 0 Å². The van der Waals surface area contributed by atoms with E-state index in [0.29, 0.717) is 9.90 Å². The maximum atomic E-state index is 12.5. The summed E-state index contributed by atoms with van der Waals surface area (Å²) >= 11 is 1.26. The fourth-order valence-corrected chi connectivity index (χ4v) is 5.76. The van der Waals surface area contributed by atoms with E-state index < -0.39 is 10.0 Å². The first-order chi connectivity index (χ1) is 14.0. The minimum atomic E-state index is -3.56. The minimum Gasteiger partial charge on any atom is -0.355 e. The second-order valence-corrected chi connectivity index (χ2v) is 10.4. The third-order valence-electron chi connectivity index (χ3n) is 4.99. The highest BCUT2D eigenvalue weighted by molar-refractivity contribution is 7.94. The van der Waals surface area contributed by atoms with E-state index in [1.165, 1.54) is 37.0 Å². The van der Waals surface area contributed by atoms with Gasteiger partial charge in [-0.1, -0.05) is 25.0 Å². The van der Waals surface area contributed by atoms with Crippen molar-refractivity contribution in [2.24, 2.45) is 0 Å². The molecule has 0 amide bonds. The van der Waals surface area contributed by atoms with Gasteiger partial charge in [-0.2, -0.15) is 0 Å². The molecule has 3 aromatic rings. The molecule has 1 saturated heterocycles. The lowest BCUT2D eigenvalue weighted by Gasteiger charge is -2.20. The van der Waals surface area contributed by atoms with Crippen molar-refractivity contribution in [3.05, 3.63) is 53.4 Å². The van der Waals surface area contributed by atoms with E-state index in [1.807, 2.05) is 31.2 Å². The van der Waals surface area contributed by atoms with Gasteiger partial charge in [0.05, 0.1) is 5.69 Å². The number of nitrogens with one attached hydrogen (secondary N) is 1. The van der Waals surface area contributed by atoms with Gasteiger partial charge >= 0.3 is 0 Å². The molecule has 29 heavy (non-hydrogen) atoms. The van der Waals surface area contributed by atoms with E-state index in [-0.39, 0.29) is 0 Å². The van der Waals surface area contributed by atoms with Crippen LogP contribution >= 0.6 is 11.3 Å². The Bertz CT molecular complexity index is 1050. The van der Waals surface area contributed by atoms with Crippen molar-refractivity contribution >= 4 is 32.9 Å². The normalized spacial score (nSPS) is 15.1. The Labute approximate surface area is 175 Å². The number of aromatic nitrogens is 2. The number of hydrogen-bond acceptors (Lipinski definition) is 6. The molecule has 0 saturated carbocycles. The van der Waals surface area contributed by atoms with Gasteiger partial charge in [0.1, 0.15) is 4.21 Å². The SMILES string of the molecule is Cc1ccc(S(=O)(=O)Nc2ccc(-c3ccc(N4CCCCCC4)nn3)cc2)s1. The number of anilines is 2. The Kier molecular flexibility index (Phi) is 5.82. The molecule has 3 heterocycles. The Morgan fingerprint density at radius 1 is 0.897 bits per heavy atom. The highest BCUT2D eigenvalue weighted by atomic mass is 32.2. The number of rotatable bonds is 5. The summed E-state index contributed by atoms with van der Waals surface area (Å²) in [5.74, 6) is 0.922. The minimum absolute atomic E-state index is 0.314. The summed E-state index contributed by atoms with van der Waals surface area (Å²) in [7, 11) is -3.56. The number of nitrogens with zero attached hydrogens (tertiary/aromatic N) is 3. The van der Waals surface area contributed by atoms with Crippen LogP contribution in [-0.2, 0) is 10.0 Å². The Morgan fingerprint density at radius 3 is 2.21 bits per heavy atom. The summed E-state index contributed by atoms with van der Waals surface area (Å²) in [6.07, 6.45) is 4.96. The average Bonchev–Trinajstić information content (AvgIpc) is 3.00. The zero-order valence-electron chi connectivity index (χ0n) is 16.3. The molecular weight excluding hydrogens is 404 g/mol. The van der Waals surface area contributed by atoms with E-state index in [0.717, 1.165) is 35.0 Å². The second-order valence-electron chi connectivity index (χ2n) is 7.23. The van der Waals surface area contributed by atoms with Gasteiger partial charge in [-0.25, -0.2) is 8.42 Å². The summed E-state index contributed by atoms with van der Waals surface area (Å²) in [6.45, 7) is 3.96. The van der Waals surface area contributed by atoms with E-state index in [9.17, 15) is 8.42 Å². The Hall–Kier alpha value is -2.45. The lowest BCUT2D eigenvalue weighted by molar-refractivity contribution is 0.603. The van der Waals surface area contributed by atoms with Crippen LogP contribution in [0.4, 0.5) is 11.5 Å². The third-order valence-corrected chi connectivity index (χ3v) is 7.87. The van der Waals surface area contributed by atoms with Crippen LogP contribution in [0.25, 0.3) is 11.3 Å².